The van der Waals surface area contributed by atoms with Crippen LogP contribution in [0.25, 0.3) is 0 Å². The predicted octanol–water partition coefficient (Wildman–Crippen LogP) is 4.98. The number of carbonyl (C=O) groups excluding carboxylic acids is 3. The quantitative estimate of drug-likeness (QED) is 0.510. The first-order chi connectivity index (χ1) is 14.8. The Balaban J connectivity index is 1.68. The van der Waals surface area contributed by atoms with E-state index >= 15 is 0 Å². The summed E-state index contributed by atoms with van der Waals surface area (Å²) in [7, 11) is 0. The van der Waals surface area contributed by atoms with Gasteiger partial charge in [-0.15, -0.1) is 0 Å². The van der Waals surface area contributed by atoms with Crippen molar-refractivity contribution in [1.29, 1.82) is 0 Å². The lowest BCUT2D eigenvalue weighted by molar-refractivity contribution is 0.0941. The Kier molecular flexibility index (Phi) is 7.05. The molecule has 0 aromatic heterocycles. The largest absolute Gasteiger partial charge is 0.350 e. The minimum atomic E-state index is -0.385. The summed E-state index contributed by atoms with van der Waals surface area (Å²) in [6.07, 6.45) is 0. The summed E-state index contributed by atoms with van der Waals surface area (Å²) in [4.78, 5) is 37.1. The van der Waals surface area contributed by atoms with E-state index in [4.69, 9.17) is 11.6 Å². The van der Waals surface area contributed by atoms with Crippen LogP contribution in [0.4, 0.5) is 11.4 Å². The molecule has 0 aliphatic carbocycles. The fourth-order valence-electron chi connectivity index (χ4n) is 2.80. The third kappa shape index (κ3) is 5.93. The third-order valence-electron chi connectivity index (χ3n) is 4.34. The van der Waals surface area contributed by atoms with Gasteiger partial charge in [0.25, 0.3) is 17.7 Å². The minimum absolute atomic E-state index is 0.0119. The highest BCUT2D eigenvalue weighted by Crippen LogP contribution is 2.24. The number of amides is 3. The number of hydrogen-bond acceptors (Lipinski definition) is 3. The average Bonchev–Trinajstić information content (AvgIpc) is 2.75. The van der Waals surface area contributed by atoms with Gasteiger partial charge in [0.2, 0.25) is 0 Å². The van der Waals surface area contributed by atoms with Gasteiger partial charge in [-0.05, 0) is 68.4 Å². The fourth-order valence-corrected chi connectivity index (χ4v) is 2.96. The minimum Gasteiger partial charge on any atom is -0.350 e. The van der Waals surface area contributed by atoms with Crippen LogP contribution in [-0.2, 0) is 0 Å². The van der Waals surface area contributed by atoms with Gasteiger partial charge in [0.15, 0.2) is 0 Å². The van der Waals surface area contributed by atoms with E-state index in [0.717, 1.165) is 0 Å². The summed E-state index contributed by atoms with van der Waals surface area (Å²) < 4.78 is 0. The highest BCUT2D eigenvalue weighted by Gasteiger charge is 2.13. The number of anilines is 2. The van der Waals surface area contributed by atoms with Crippen molar-refractivity contribution in [3.8, 4) is 0 Å². The molecule has 0 radical (unpaired) electrons. The maximum atomic E-state index is 12.6. The molecular formula is C24H22ClN3O3. The van der Waals surface area contributed by atoms with E-state index < -0.39 is 0 Å². The van der Waals surface area contributed by atoms with E-state index in [0.29, 0.717) is 33.1 Å². The van der Waals surface area contributed by atoms with Crippen LogP contribution in [0, 0.1) is 0 Å². The van der Waals surface area contributed by atoms with Crippen LogP contribution in [0.15, 0.2) is 72.8 Å². The van der Waals surface area contributed by atoms with Crippen molar-refractivity contribution >= 4 is 40.7 Å². The second kappa shape index (κ2) is 9.91. The van der Waals surface area contributed by atoms with Crippen LogP contribution in [0.2, 0.25) is 5.02 Å². The Morgan fingerprint density at radius 2 is 1.29 bits per heavy atom. The lowest BCUT2D eigenvalue weighted by Gasteiger charge is -2.12. The van der Waals surface area contributed by atoms with Gasteiger partial charge in [-0.2, -0.15) is 0 Å². The molecule has 0 atom stereocenters. The summed E-state index contributed by atoms with van der Waals surface area (Å²) in [6, 6.07) is 20.0. The van der Waals surface area contributed by atoms with Crippen molar-refractivity contribution in [2.45, 2.75) is 19.9 Å². The number of hydrogen-bond donors (Lipinski definition) is 3. The molecule has 0 aliphatic rings. The molecule has 31 heavy (non-hydrogen) atoms. The highest BCUT2D eigenvalue weighted by atomic mass is 35.5. The standard InChI is InChI=1S/C24H22ClN3O3/c1-15(2)26-24(31)18-10-13-20(25)21(14-18)28-23(30)17-8-11-19(12-9-17)27-22(29)16-6-4-3-5-7-16/h3-15H,1-2H3,(H,26,31)(H,27,29)(H,28,30). The summed E-state index contributed by atoms with van der Waals surface area (Å²) in [5.74, 6) is -0.869. The normalized spacial score (nSPS) is 10.5. The Morgan fingerprint density at radius 3 is 1.94 bits per heavy atom. The first-order valence-corrected chi connectivity index (χ1v) is 10.1. The molecule has 3 N–H and O–H groups in total. The molecule has 0 unspecified atom stereocenters. The summed E-state index contributed by atoms with van der Waals surface area (Å²) in [5.41, 5.74) is 2.22. The first-order valence-electron chi connectivity index (χ1n) is 9.71. The van der Waals surface area contributed by atoms with E-state index in [1.165, 1.54) is 6.07 Å². The molecule has 0 saturated heterocycles. The fraction of sp³-hybridized carbons (Fsp3) is 0.125. The molecular weight excluding hydrogens is 414 g/mol. The van der Waals surface area contributed by atoms with Crippen molar-refractivity contribution in [2.75, 3.05) is 10.6 Å². The zero-order chi connectivity index (χ0) is 22.4. The maximum Gasteiger partial charge on any atom is 0.255 e. The van der Waals surface area contributed by atoms with Crippen molar-refractivity contribution in [2.24, 2.45) is 0 Å². The van der Waals surface area contributed by atoms with E-state index in [1.54, 1.807) is 60.7 Å². The number of carbonyl (C=O) groups is 3. The Hall–Kier alpha value is -3.64. The van der Waals surface area contributed by atoms with Crippen LogP contribution >= 0.6 is 11.6 Å². The van der Waals surface area contributed by atoms with Gasteiger partial charge < -0.3 is 16.0 Å². The van der Waals surface area contributed by atoms with E-state index in [2.05, 4.69) is 16.0 Å². The molecule has 0 saturated carbocycles. The molecule has 0 fully saturated rings. The summed E-state index contributed by atoms with van der Waals surface area (Å²) in [5, 5.41) is 8.62. The molecule has 7 heteroatoms. The van der Waals surface area contributed by atoms with Gasteiger partial charge in [-0.3, -0.25) is 14.4 Å². The molecule has 0 heterocycles. The second-order valence-corrected chi connectivity index (χ2v) is 7.58. The van der Waals surface area contributed by atoms with E-state index in [9.17, 15) is 14.4 Å². The predicted molar refractivity (Wildman–Crippen MR) is 123 cm³/mol. The zero-order valence-corrected chi connectivity index (χ0v) is 17.9. The molecule has 0 aliphatic heterocycles. The van der Waals surface area contributed by atoms with Gasteiger partial charge in [-0.25, -0.2) is 0 Å². The molecule has 3 rings (SSSR count). The summed E-state index contributed by atoms with van der Waals surface area (Å²) in [6.45, 7) is 3.73. The molecule has 0 bridgehead atoms. The van der Waals surface area contributed by atoms with Crippen LogP contribution in [0.5, 0.6) is 0 Å². The topological polar surface area (TPSA) is 87.3 Å². The van der Waals surface area contributed by atoms with Crippen LogP contribution in [-0.4, -0.2) is 23.8 Å². The molecule has 6 nitrogen and oxygen atoms in total. The molecule has 3 aromatic carbocycles. The van der Waals surface area contributed by atoms with Gasteiger partial charge in [0, 0.05) is 28.4 Å². The van der Waals surface area contributed by atoms with Gasteiger partial charge in [0.05, 0.1) is 10.7 Å². The lowest BCUT2D eigenvalue weighted by atomic mass is 10.1. The molecule has 3 aromatic rings. The molecule has 158 valence electrons. The average molecular weight is 436 g/mol. The van der Waals surface area contributed by atoms with Crippen molar-refractivity contribution in [3.05, 3.63) is 94.5 Å². The molecule has 0 spiro atoms. The summed E-state index contributed by atoms with van der Waals surface area (Å²) >= 11 is 6.18. The highest BCUT2D eigenvalue weighted by molar-refractivity contribution is 6.34. The Labute approximate surface area is 185 Å². The second-order valence-electron chi connectivity index (χ2n) is 7.17. The van der Waals surface area contributed by atoms with Crippen molar-refractivity contribution in [1.82, 2.24) is 5.32 Å². The number of halogens is 1. The number of nitrogens with one attached hydrogen (secondary N) is 3. The van der Waals surface area contributed by atoms with Gasteiger partial charge in [0.1, 0.15) is 0 Å². The third-order valence-corrected chi connectivity index (χ3v) is 4.67. The van der Waals surface area contributed by atoms with Crippen molar-refractivity contribution in [3.63, 3.8) is 0 Å². The van der Waals surface area contributed by atoms with E-state index in [1.807, 2.05) is 19.9 Å². The van der Waals surface area contributed by atoms with Gasteiger partial charge >= 0.3 is 0 Å². The first kappa shape index (κ1) is 22.1. The lowest BCUT2D eigenvalue weighted by Crippen LogP contribution is -2.30. The van der Waals surface area contributed by atoms with E-state index in [-0.39, 0.29) is 23.8 Å². The SMILES string of the molecule is CC(C)NC(=O)c1ccc(Cl)c(NC(=O)c2ccc(NC(=O)c3ccccc3)cc2)c1. The number of rotatable bonds is 6. The Morgan fingerprint density at radius 1 is 0.710 bits per heavy atom. The van der Waals surface area contributed by atoms with Crippen LogP contribution in [0.1, 0.15) is 44.9 Å². The number of benzene rings is 3. The zero-order valence-electron chi connectivity index (χ0n) is 17.1. The van der Waals surface area contributed by atoms with Crippen LogP contribution in [0.3, 0.4) is 0 Å². The van der Waals surface area contributed by atoms with Crippen molar-refractivity contribution < 1.29 is 14.4 Å². The Bertz CT molecular complexity index is 1100. The van der Waals surface area contributed by atoms with Crippen LogP contribution < -0.4 is 16.0 Å². The smallest absolute Gasteiger partial charge is 0.255 e. The van der Waals surface area contributed by atoms with Gasteiger partial charge in [-0.1, -0.05) is 29.8 Å². The maximum absolute atomic E-state index is 12.6. The monoisotopic (exact) mass is 435 g/mol. The molecule has 3 amide bonds.